The standard InChI is InChI=1S/C16H17N5O2/c1-9-4-6-12(7-5-9)15-18-13(14(22)19-17)16(23-15)21-11(3)8-10(2)20-21/h4-8H,17H2,1-3H3,(H,19,22). The molecule has 3 rings (SSSR count). The van der Waals surface area contributed by atoms with Gasteiger partial charge >= 0.3 is 0 Å². The maximum atomic E-state index is 12.0. The zero-order valence-electron chi connectivity index (χ0n) is 13.1. The van der Waals surface area contributed by atoms with Crippen LogP contribution >= 0.6 is 0 Å². The van der Waals surface area contributed by atoms with E-state index in [4.69, 9.17) is 10.3 Å². The lowest BCUT2D eigenvalue weighted by atomic mass is 10.1. The molecule has 0 aliphatic carbocycles. The molecule has 0 aliphatic heterocycles. The Morgan fingerprint density at radius 3 is 2.48 bits per heavy atom. The van der Waals surface area contributed by atoms with Gasteiger partial charge in [0.25, 0.3) is 11.8 Å². The van der Waals surface area contributed by atoms with E-state index in [0.29, 0.717) is 5.89 Å². The van der Waals surface area contributed by atoms with Crippen LogP contribution in [-0.2, 0) is 0 Å². The first-order valence-corrected chi connectivity index (χ1v) is 7.12. The van der Waals surface area contributed by atoms with Gasteiger partial charge in [0.05, 0.1) is 5.69 Å². The fourth-order valence-corrected chi connectivity index (χ4v) is 2.33. The summed E-state index contributed by atoms with van der Waals surface area (Å²) in [5.74, 6) is 5.30. The van der Waals surface area contributed by atoms with Gasteiger partial charge in [-0.1, -0.05) is 17.7 Å². The predicted molar refractivity (Wildman–Crippen MR) is 84.9 cm³/mol. The minimum Gasteiger partial charge on any atom is -0.417 e. The molecular weight excluding hydrogens is 294 g/mol. The van der Waals surface area contributed by atoms with E-state index in [1.54, 1.807) is 4.68 Å². The smallest absolute Gasteiger partial charge is 0.289 e. The number of oxazole rings is 1. The Hall–Kier alpha value is -2.93. The van der Waals surface area contributed by atoms with E-state index in [-0.39, 0.29) is 11.6 Å². The van der Waals surface area contributed by atoms with E-state index in [1.165, 1.54) is 0 Å². The van der Waals surface area contributed by atoms with Gasteiger partial charge in [0.15, 0.2) is 5.69 Å². The first-order chi connectivity index (χ1) is 11.0. The third-order valence-electron chi connectivity index (χ3n) is 3.46. The lowest BCUT2D eigenvalue weighted by Crippen LogP contribution is -2.31. The van der Waals surface area contributed by atoms with Crippen LogP contribution in [0.4, 0.5) is 0 Å². The first kappa shape index (κ1) is 15.0. The van der Waals surface area contributed by atoms with Crippen molar-refractivity contribution < 1.29 is 9.21 Å². The van der Waals surface area contributed by atoms with Gasteiger partial charge in [0.2, 0.25) is 5.89 Å². The van der Waals surface area contributed by atoms with Crippen LogP contribution in [0, 0.1) is 20.8 Å². The molecule has 7 nitrogen and oxygen atoms in total. The van der Waals surface area contributed by atoms with Crippen LogP contribution in [-0.4, -0.2) is 20.7 Å². The maximum Gasteiger partial charge on any atom is 0.289 e. The summed E-state index contributed by atoms with van der Waals surface area (Å²) in [6.45, 7) is 5.73. The van der Waals surface area contributed by atoms with E-state index >= 15 is 0 Å². The average Bonchev–Trinajstić information content (AvgIpc) is 3.10. The van der Waals surface area contributed by atoms with E-state index in [2.05, 4.69) is 15.5 Å². The lowest BCUT2D eigenvalue weighted by molar-refractivity contribution is 0.0948. The van der Waals surface area contributed by atoms with Crippen LogP contribution in [0.1, 0.15) is 27.4 Å². The number of hydrogen-bond donors (Lipinski definition) is 2. The molecule has 0 fully saturated rings. The highest BCUT2D eigenvalue weighted by molar-refractivity contribution is 5.95. The SMILES string of the molecule is Cc1ccc(-c2nc(C(=O)NN)c(-n3nc(C)cc3C)o2)cc1. The molecule has 118 valence electrons. The molecule has 2 aromatic heterocycles. The Balaban J connectivity index is 2.16. The van der Waals surface area contributed by atoms with Crippen LogP contribution in [0.15, 0.2) is 34.7 Å². The number of benzene rings is 1. The molecule has 0 saturated carbocycles. The number of nitrogens with zero attached hydrogens (tertiary/aromatic N) is 3. The Labute approximate surface area is 133 Å². The van der Waals surface area contributed by atoms with Crippen molar-refractivity contribution >= 4 is 5.91 Å². The number of amides is 1. The van der Waals surface area contributed by atoms with Gasteiger partial charge in [0.1, 0.15) is 0 Å². The third-order valence-corrected chi connectivity index (χ3v) is 3.46. The van der Waals surface area contributed by atoms with Crippen molar-refractivity contribution in [3.05, 3.63) is 53.0 Å². The summed E-state index contributed by atoms with van der Waals surface area (Å²) in [7, 11) is 0. The largest absolute Gasteiger partial charge is 0.417 e. The summed E-state index contributed by atoms with van der Waals surface area (Å²) in [6, 6.07) is 9.56. The fraction of sp³-hybridized carbons (Fsp3) is 0.188. The number of nitrogens with one attached hydrogen (secondary N) is 1. The molecule has 0 atom stereocenters. The normalized spacial score (nSPS) is 10.8. The number of nitrogens with two attached hydrogens (primary N) is 1. The molecule has 0 aliphatic rings. The Bertz CT molecular complexity index is 861. The highest BCUT2D eigenvalue weighted by Crippen LogP contribution is 2.26. The Morgan fingerprint density at radius 2 is 1.91 bits per heavy atom. The van der Waals surface area contributed by atoms with Gasteiger partial charge in [-0.15, -0.1) is 0 Å². The summed E-state index contributed by atoms with van der Waals surface area (Å²) < 4.78 is 7.36. The predicted octanol–water partition coefficient (Wildman–Crippen LogP) is 2.06. The maximum absolute atomic E-state index is 12.0. The lowest BCUT2D eigenvalue weighted by Gasteiger charge is -2.01. The van der Waals surface area contributed by atoms with Crippen molar-refractivity contribution in [2.75, 3.05) is 0 Å². The van der Waals surface area contributed by atoms with Crippen LogP contribution in [0.2, 0.25) is 0 Å². The molecule has 0 saturated heterocycles. The van der Waals surface area contributed by atoms with Gasteiger partial charge in [-0.3, -0.25) is 10.2 Å². The number of aryl methyl sites for hydroxylation is 3. The molecule has 7 heteroatoms. The number of hydrazine groups is 1. The van der Waals surface area contributed by atoms with E-state index in [9.17, 15) is 4.79 Å². The summed E-state index contributed by atoms with van der Waals surface area (Å²) in [6.07, 6.45) is 0. The highest BCUT2D eigenvalue weighted by Gasteiger charge is 2.23. The van der Waals surface area contributed by atoms with Gasteiger partial charge in [-0.2, -0.15) is 5.10 Å². The zero-order valence-corrected chi connectivity index (χ0v) is 13.1. The monoisotopic (exact) mass is 311 g/mol. The molecule has 0 unspecified atom stereocenters. The van der Waals surface area contributed by atoms with Crippen molar-refractivity contribution in [3.63, 3.8) is 0 Å². The van der Waals surface area contributed by atoms with Crippen LogP contribution in [0.3, 0.4) is 0 Å². The number of rotatable bonds is 3. The molecule has 1 amide bonds. The highest BCUT2D eigenvalue weighted by atomic mass is 16.4. The molecular formula is C16H17N5O2. The van der Waals surface area contributed by atoms with Crippen molar-refractivity contribution in [2.24, 2.45) is 5.84 Å². The van der Waals surface area contributed by atoms with E-state index < -0.39 is 5.91 Å². The molecule has 1 aromatic carbocycles. The number of hydrogen-bond acceptors (Lipinski definition) is 5. The second kappa shape index (κ2) is 5.69. The van der Waals surface area contributed by atoms with Crippen LogP contribution < -0.4 is 11.3 Å². The Kier molecular flexibility index (Phi) is 3.71. The summed E-state index contributed by atoms with van der Waals surface area (Å²) in [4.78, 5) is 16.3. The molecule has 3 aromatic rings. The van der Waals surface area contributed by atoms with E-state index in [0.717, 1.165) is 22.5 Å². The van der Waals surface area contributed by atoms with E-state index in [1.807, 2.05) is 51.1 Å². The fourth-order valence-electron chi connectivity index (χ4n) is 2.33. The second-order valence-corrected chi connectivity index (χ2v) is 5.35. The minimum absolute atomic E-state index is 0.0919. The summed E-state index contributed by atoms with van der Waals surface area (Å²) in [5, 5.41) is 4.34. The number of nitrogen functional groups attached to an aromatic ring is 1. The zero-order chi connectivity index (χ0) is 16.6. The average molecular weight is 311 g/mol. The summed E-state index contributed by atoms with van der Waals surface area (Å²) in [5.41, 5.74) is 5.73. The minimum atomic E-state index is -0.533. The van der Waals surface area contributed by atoms with Gasteiger partial charge in [-0.05, 0) is 39.0 Å². The van der Waals surface area contributed by atoms with Gasteiger partial charge in [-0.25, -0.2) is 15.5 Å². The molecule has 0 radical (unpaired) electrons. The molecule has 0 bridgehead atoms. The molecule has 23 heavy (non-hydrogen) atoms. The second-order valence-electron chi connectivity index (χ2n) is 5.35. The topological polar surface area (TPSA) is 99.0 Å². The van der Waals surface area contributed by atoms with Crippen LogP contribution in [0.5, 0.6) is 0 Å². The van der Waals surface area contributed by atoms with Gasteiger partial charge in [0, 0.05) is 11.3 Å². The van der Waals surface area contributed by atoms with Crippen molar-refractivity contribution in [2.45, 2.75) is 20.8 Å². The number of carbonyl (C=O) groups is 1. The molecule has 3 N–H and O–H groups in total. The Morgan fingerprint density at radius 1 is 1.22 bits per heavy atom. The quantitative estimate of drug-likeness (QED) is 0.438. The number of aromatic nitrogens is 3. The first-order valence-electron chi connectivity index (χ1n) is 7.12. The van der Waals surface area contributed by atoms with Crippen molar-refractivity contribution in [1.29, 1.82) is 0 Å². The third kappa shape index (κ3) is 2.74. The van der Waals surface area contributed by atoms with Crippen molar-refractivity contribution in [1.82, 2.24) is 20.2 Å². The van der Waals surface area contributed by atoms with Gasteiger partial charge < -0.3 is 4.42 Å². The van der Waals surface area contributed by atoms with Crippen LogP contribution in [0.25, 0.3) is 17.3 Å². The summed E-state index contributed by atoms with van der Waals surface area (Å²) >= 11 is 0. The molecule has 0 spiro atoms. The van der Waals surface area contributed by atoms with Crippen molar-refractivity contribution in [3.8, 4) is 17.3 Å². The number of carbonyl (C=O) groups excluding carboxylic acids is 1. The molecule has 2 heterocycles.